The molecule has 0 N–H and O–H groups in total. The molecule has 0 saturated carbocycles. The van der Waals surface area contributed by atoms with Crippen LogP contribution in [0.15, 0.2) is 6.33 Å². The van der Waals surface area contributed by atoms with Crippen molar-refractivity contribution in [2.75, 3.05) is 31.1 Å². The Kier molecular flexibility index (Phi) is 4.55. The first-order valence-corrected chi connectivity index (χ1v) is 8.84. The van der Waals surface area contributed by atoms with Crippen molar-refractivity contribution in [2.24, 2.45) is 5.41 Å². The summed E-state index contributed by atoms with van der Waals surface area (Å²) in [5.74, 6) is 1.36. The van der Waals surface area contributed by atoms with Gasteiger partial charge in [0.25, 0.3) is 0 Å². The summed E-state index contributed by atoms with van der Waals surface area (Å²) in [7, 11) is 0. The fourth-order valence-corrected chi connectivity index (χ4v) is 3.58. The average molecular weight is 316 g/mol. The van der Waals surface area contributed by atoms with E-state index in [0.717, 1.165) is 51.3 Å². The van der Waals surface area contributed by atoms with Gasteiger partial charge in [-0.1, -0.05) is 20.8 Å². The number of aryl methyl sites for hydroxylation is 1. The van der Waals surface area contributed by atoms with E-state index in [-0.39, 0.29) is 11.3 Å². The zero-order chi connectivity index (χ0) is 16.4. The lowest BCUT2D eigenvalue weighted by Crippen LogP contribution is -2.41. The molecule has 0 unspecified atom stereocenters. The highest BCUT2D eigenvalue weighted by atomic mass is 16.2. The molecule has 2 aliphatic rings. The molecule has 23 heavy (non-hydrogen) atoms. The molecule has 0 atom stereocenters. The Labute approximate surface area is 139 Å². The van der Waals surface area contributed by atoms with Crippen LogP contribution in [0.5, 0.6) is 0 Å². The summed E-state index contributed by atoms with van der Waals surface area (Å²) in [6.45, 7) is 9.47. The Morgan fingerprint density at radius 1 is 1.00 bits per heavy atom. The van der Waals surface area contributed by atoms with Gasteiger partial charge in [-0.25, -0.2) is 9.97 Å². The highest BCUT2D eigenvalue weighted by Crippen LogP contribution is 2.28. The fraction of sp³-hybridized carbons (Fsp3) is 0.722. The largest absolute Gasteiger partial charge is 0.354 e. The third-order valence-corrected chi connectivity index (χ3v) is 4.83. The van der Waals surface area contributed by atoms with Crippen LogP contribution in [-0.4, -0.2) is 47.0 Å². The lowest BCUT2D eigenvalue weighted by molar-refractivity contribution is -0.139. The molecule has 3 rings (SSSR count). The fourth-order valence-electron chi connectivity index (χ4n) is 3.58. The molecule has 1 saturated heterocycles. The molecule has 0 radical (unpaired) electrons. The number of fused-ring (bicyclic) bond motifs is 1. The summed E-state index contributed by atoms with van der Waals surface area (Å²) in [4.78, 5) is 26.0. The Balaban J connectivity index is 1.75. The molecule has 5 nitrogen and oxygen atoms in total. The quantitative estimate of drug-likeness (QED) is 0.798. The molecule has 126 valence electrons. The highest BCUT2D eigenvalue weighted by molar-refractivity contribution is 5.81. The van der Waals surface area contributed by atoms with E-state index in [0.29, 0.717) is 0 Å². The summed E-state index contributed by atoms with van der Waals surface area (Å²) in [6.07, 6.45) is 7.34. The third kappa shape index (κ3) is 3.48. The number of hydrogen-bond acceptors (Lipinski definition) is 4. The van der Waals surface area contributed by atoms with Crippen molar-refractivity contribution < 1.29 is 4.79 Å². The minimum atomic E-state index is -0.302. The van der Waals surface area contributed by atoms with Gasteiger partial charge in [0, 0.05) is 42.9 Å². The molecule has 1 aromatic rings. The molecule has 1 aromatic heterocycles. The van der Waals surface area contributed by atoms with E-state index in [1.807, 2.05) is 25.7 Å². The van der Waals surface area contributed by atoms with Crippen molar-refractivity contribution in [1.82, 2.24) is 14.9 Å². The Morgan fingerprint density at radius 2 is 1.78 bits per heavy atom. The topological polar surface area (TPSA) is 49.3 Å². The van der Waals surface area contributed by atoms with E-state index >= 15 is 0 Å². The maximum Gasteiger partial charge on any atom is 0.228 e. The zero-order valence-electron chi connectivity index (χ0n) is 14.6. The first kappa shape index (κ1) is 16.2. The van der Waals surface area contributed by atoms with E-state index in [1.54, 1.807) is 6.33 Å². The summed E-state index contributed by atoms with van der Waals surface area (Å²) >= 11 is 0. The highest BCUT2D eigenvalue weighted by Gasteiger charge is 2.29. The molecule has 0 bridgehead atoms. The maximum atomic E-state index is 12.5. The number of carbonyl (C=O) groups excluding carboxylic acids is 1. The summed E-state index contributed by atoms with van der Waals surface area (Å²) in [6, 6.07) is 0. The smallest absolute Gasteiger partial charge is 0.228 e. The standard InChI is InChI=1S/C18H28N4O/c1-18(2,3)17(23)22-10-6-9-21(11-12-22)16-14-7-4-5-8-15(14)19-13-20-16/h13H,4-12H2,1-3H3. The second kappa shape index (κ2) is 6.46. The summed E-state index contributed by atoms with van der Waals surface area (Å²) in [5.41, 5.74) is 2.27. The normalized spacial score (nSPS) is 19.3. The van der Waals surface area contributed by atoms with Crippen molar-refractivity contribution in [1.29, 1.82) is 0 Å². The third-order valence-electron chi connectivity index (χ3n) is 4.83. The van der Waals surface area contributed by atoms with Crippen LogP contribution in [-0.2, 0) is 17.6 Å². The Hall–Kier alpha value is -1.65. The van der Waals surface area contributed by atoms with Gasteiger partial charge in [0.1, 0.15) is 12.1 Å². The first-order chi connectivity index (χ1) is 11.0. The van der Waals surface area contributed by atoms with E-state index in [4.69, 9.17) is 0 Å². The van der Waals surface area contributed by atoms with Gasteiger partial charge in [-0.05, 0) is 32.1 Å². The monoisotopic (exact) mass is 316 g/mol. The number of carbonyl (C=O) groups is 1. The van der Waals surface area contributed by atoms with Crippen molar-refractivity contribution in [3.8, 4) is 0 Å². The Morgan fingerprint density at radius 3 is 2.57 bits per heavy atom. The van der Waals surface area contributed by atoms with Crippen LogP contribution in [0.4, 0.5) is 5.82 Å². The molecule has 1 aliphatic heterocycles. The van der Waals surface area contributed by atoms with E-state index < -0.39 is 0 Å². The summed E-state index contributed by atoms with van der Waals surface area (Å²) in [5, 5.41) is 0. The van der Waals surface area contributed by atoms with Crippen LogP contribution < -0.4 is 4.90 Å². The minimum Gasteiger partial charge on any atom is -0.354 e. The second-order valence-corrected chi connectivity index (χ2v) is 7.71. The lowest BCUT2D eigenvalue weighted by atomic mass is 9.94. The van der Waals surface area contributed by atoms with Crippen LogP contribution in [0.3, 0.4) is 0 Å². The van der Waals surface area contributed by atoms with Gasteiger partial charge in [-0.2, -0.15) is 0 Å². The van der Waals surface area contributed by atoms with E-state index in [2.05, 4.69) is 14.9 Å². The molecule has 5 heteroatoms. The first-order valence-electron chi connectivity index (χ1n) is 8.84. The van der Waals surface area contributed by atoms with Crippen LogP contribution in [0.2, 0.25) is 0 Å². The number of aromatic nitrogens is 2. The number of nitrogens with zero attached hydrogens (tertiary/aromatic N) is 4. The van der Waals surface area contributed by atoms with Gasteiger partial charge in [0.2, 0.25) is 5.91 Å². The van der Waals surface area contributed by atoms with Gasteiger partial charge in [0.15, 0.2) is 0 Å². The molecule has 0 spiro atoms. The summed E-state index contributed by atoms with van der Waals surface area (Å²) < 4.78 is 0. The number of amides is 1. The predicted molar refractivity (Wildman–Crippen MR) is 91.5 cm³/mol. The van der Waals surface area contributed by atoms with Crippen LogP contribution >= 0.6 is 0 Å². The maximum absolute atomic E-state index is 12.5. The number of anilines is 1. The number of rotatable bonds is 1. The van der Waals surface area contributed by atoms with E-state index in [9.17, 15) is 4.79 Å². The van der Waals surface area contributed by atoms with Gasteiger partial charge in [-0.3, -0.25) is 4.79 Å². The van der Waals surface area contributed by atoms with Crippen molar-refractivity contribution in [3.05, 3.63) is 17.6 Å². The van der Waals surface area contributed by atoms with Crippen LogP contribution in [0.25, 0.3) is 0 Å². The van der Waals surface area contributed by atoms with Crippen molar-refractivity contribution in [2.45, 2.75) is 52.9 Å². The predicted octanol–water partition coefficient (Wildman–Crippen LogP) is 2.44. The molecule has 1 amide bonds. The van der Waals surface area contributed by atoms with E-state index in [1.165, 1.54) is 24.1 Å². The molecule has 1 fully saturated rings. The molecule has 1 aliphatic carbocycles. The molecular weight excluding hydrogens is 288 g/mol. The van der Waals surface area contributed by atoms with Gasteiger partial charge in [-0.15, -0.1) is 0 Å². The minimum absolute atomic E-state index is 0.254. The lowest BCUT2D eigenvalue weighted by Gasteiger charge is -2.29. The number of hydrogen-bond donors (Lipinski definition) is 0. The van der Waals surface area contributed by atoms with Crippen LogP contribution in [0, 0.1) is 5.41 Å². The molecular formula is C18H28N4O. The SMILES string of the molecule is CC(C)(C)C(=O)N1CCCN(c2ncnc3c2CCCC3)CC1. The van der Waals surface area contributed by atoms with Gasteiger partial charge in [0.05, 0.1) is 0 Å². The van der Waals surface area contributed by atoms with Crippen molar-refractivity contribution >= 4 is 11.7 Å². The zero-order valence-corrected chi connectivity index (χ0v) is 14.6. The van der Waals surface area contributed by atoms with Gasteiger partial charge >= 0.3 is 0 Å². The average Bonchev–Trinajstić information content (AvgIpc) is 2.78. The second-order valence-electron chi connectivity index (χ2n) is 7.71. The molecule has 2 heterocycles. The molecule has 0 aromatic carbocycles. The van der Waals surface area contributed by atoms with Gasteiger partial charge < -0.3 is 9.80 Å². The Bertz CT molecular complexity index is 579. The van der Waals surface area contributed by atoms with Crippen molar-refractivity contribution in [3.63, 3.8) is 0 Å². The van der Waals surface area contributed by atoms with Crippen LogP contribution in [0.1, 0.15) is 51.3 Å².